The van der Waals surface area contributed by atoms with Gasteiger partial charge in [0.25, 0.3) is 5.56 Å². The predicted molar refractivity (Wildman–Crippen MR) is 122 cm³/mol. The lowest BCUT2D eigenvalue weighted by Crippen LogP contribution is -2.42. The van der Waals surface area contributed by atoms with Crippen molar-refractivity contribution in [3.05, 3.63) is 33.6 Å². The third-order valence-electron chi connectivity index (χ3n) is 5.55. The number of thioether (sulfide) groups is 1. The van der Waals surface area contributed by atoms with Crippen molar-refractivity contribution in [2.75, 3.05) is 19.0 Å². The molecule has 1 heterocycles. The molecule has 164 valence electrons. The molecule has 0 aliphatic heterocycles. The lowest BCUT2D eigenvalue weighted by molar-refractivity contribution is -0.119. The van der Waals surface area contributed by atoms with Crippen LogP contribution in [0.4, 0.5) is 0 Å². The van der Waals surface area contributed by atoms with E-state index in [-0.39, 0.29) is 23.3 Å². The zero-order valence-electron chi connectivity index (χ0n) is 17.7. The summed E-state index contributed by atoms with van der Waals surface area (Å²) in [5.74, 6) is 0.721. The van der Waals surface area contributed by atoms with Crippen LogP contribution in [0.15, 0.2) is 28.2 Å². The molecular formula is C22H30ClN3O3S. The molecule has 0 spiro atoms. The average Bonchev–Trinajstić information content (AvgIpc) is 2.72. The second-order valence-electron chi connectivity index (χ2n) is 7.79. The quantitative estimate of drug-likeness (QED) is 0.350. The van der Waals surface area contributed by atoms with Gasteiger partial charge in [-0.25, -0.2) is 4.98 Å². The summed E-state index contributed by atoms with van der Waals surface area (Å²) < 4.78 is 7.06. The van der Waals surface area contributed by atoms with E-state index in [2.05, 4.69) is 17.2 Å². The number of fused-ring (bicyclic) bond motifs is 1. The minimum Gasteiger partial charge on any atom is -0.382 e. The smallest absolute Gasteiger partial charge is 0.262 e. The van der Waals surface area contributed by atoms with Gasteiger partial charge >= 0.3 is 0 Å². The summed E-state index contributed by atoms with van der Waals surface area (Å²) in [6.45, 7) is 5.85. The Bertz CT molecular complexity index is 934. The van der Waals surface area contributed by atoms with Crippen LogP contribution >= 0.6 is 23.4 Å². The number of carbonyl (C=O) groups is 1. The Balaban J connectivity index is 1.76. The SMILES string of the molecule is CCOCCCn1c(SCC(=O)NC2CCCCC2C)nc2cc(Cl)ccc2c1=O. The number of halogens is 1. The number of carbonyl (C=O) groups excluding carboxylic acids is 1. The van der Waals surface area contributed by atoms with Gasteiger partial charge in [-0.1, -0.05) is 43.1 Å². The average molecular weight is 452 g/mol. The number of benzene rings is 1. The van der Waals surface area contributed by atoms with Crippen molar-refractivity contribution in [2.24, 2.45) is 5.92 Å². The van der Waals surface area contributed by atoms with E-state index in [0.717, 1.165) is 19.3 Å². The molecule has 1 fully saturated rings. The summed E-state index contributed by atoms with van der Waals surface area (Å²) in [4.78, 5) is 30.3. The van der Waals surface area contributed by atoms with E-state index >= 15 is 0 Å². The molecule has 3 rings (SSSR count). The summed E-state index contributed by atoms with van der Waals surface area (Å²) >= 11 is 7.39. The molecule has 1 aromatic heterocycles. The molecule has 2 unspecified atom stereocenters. The topological polar surface area (TPSA) is 73.2 Å². The van der Waals surface area contributed by atoms with Crippen molar-refractivity contribution in [1.82, 2.24) is 14.9 Å². The summed E-state index contributed by atoms with van der Waals surface area (Å²) in [6, 6.07) is 5.33. The fraction of sp³-hybridized carbons (Fsp3) is 0.591. The molecule has 8 heteroatoms. The molecule has 0 bridgehead atoms. The Morgan fingerprint density at radius 3 is 2.93 bits per heavy atom. The number of nitrogens with one attached hydrogen (secondary N) is 1. The second-order valence-corrected chi connectivity index (χ2v) is 9.17. The van der Waals surface area contributed by atoms with E-state index < -0.39 is 0 Å². The van der Waals surface area contributed by atoms with Crippen LogP contribution in [0.5, 0.6) is 0 Å². The molecule has 30 heavy (non-hydrogen) atoms. The molecule has 1 N–H and O–H groups in total. The fourth-order valence-electron chi connectivity index (χ4n) is 3.86. The third kappa shape index (κ3) is 5.99. The van der Waals surface area contributed by atoms with Gasteiger partial charge in [-0.3, -0.25) is 14.2 Å². The zero-order valence-corrected chi connectivity index (χ0v) is 19.2. The zero-order chi connectivity index (χ0) is 21.5. The Kier molecular flexibility index (Phi) is 8.60. The molecule has 0 saturated heterocycles. The van der Waals surface area contributed by atoms with Crippen LogP contribution in [0.1, 0.15) is 46.0 Å². The minimum atomic E-state index is -0.114. The van der Waals surface area contributed by atoms with Crippen LogP contribution in [0, 0.1) is 5.92 Å². The van der Waals surface area contributed by atoms with E-state index in [4.69, 9.17) is 16.3 Å². The van der Waals surface area contributed by atoms with Crippen LogP contribution in [0.25, 0.3) is 10.9 Å². The number of aromatic nitrogens is 2. The van der Waals surface area contributed by atoms with E-state index in [1.165, 1.54) is 18.2 Å². The van der Waals surface area contributed by atoms with E-state index in [9.17, 15) is 9.59 Å². The number of nitrogens with zero attached hydrogens (tertiary/aromatic N) is 2. The highest BCUT2D eigenvalue weighted by Gasteiger charge is 2.23. The number of rotatable bonds is 9. The van der Waals surface area contributed by atoms with Gasteiger partial charge in [0.05, 0.1) is 16.7 Å². The van der Waals surface area contributed by atoms with Gasteiger partial charge < -0.3 is 10.1 Å². The number of hydrogen-bond donors (Lipinski definition) is 1. The van der Waals surface area contributed by atoms with Gasteiger partial charge in [0, 0.05) is 30.8 Å². The first kappa shape index (κ1) is 23.1. The van der Waals surface area contributed by atoms with Gasteiger partial charge in [0.2, 0.25) is 5.91 Å². The highest BCUT2D eigenvalue weighted by Crippen LogP contribution is 2.24. The Morgan fingerprint density at radius 2 is 2.17 bits per heavy atom. The largest absolute Gasteiger partial charge is 0.382 e. The highest BCUT2D eigenvalue weighted by atomic mass is 35.5. The molecule has 1 saturated carbocycles. The maximum atomic E-state index is 13.1. The van der Waals surface area contributed by atoms with Crippen molar-refractivity contribution < 1.29 is 9.53 Å². The van der Waals surface area contributed by atoms with Crippen LogP contribution in [-0.2, 0) is 16.1 Å². The minimum absolute atomic E-state index is 0.0138. The monoisotopic (exact) mass is 451 g/mol. The summed E-state index contributed by atoms with van der Waals surface area (Å²) in [7, 11) is 0. The van der Waals surface area contributed by atoms with Crippen molar-refractivity contribution in [3.8, 4) is 0 Å². The Morgan fingerprint density at radius 1 is 1.37 bits per heavy atom. The standard InChI is InChI=1S/C22H30ClN3O3S/c1-3-29-12-6-11-26-21(28)17-10-9-16(23)13-19(17)25-22(26)30-14-20(27)24-18-8-5-4-7-15(18)2/h9-10,13,15,18H,3-8,11-12,14H2,1-2H3,(H,24,27). The molecule has 0 radical (unpaired) electrons. The van der Waals surface area contributed by atoms with Crippen LogP contribution in [0.3, 0.4) is 0 Å². The normalized spacial score (nSPS) is 19.2. The van der Waals surface area contributed by atoms with Crippen molar-refractivity contribution >= 4 is 40.2 Å². The van der Waals surface area contributed by atoms with Crippen molar-refractivity contribution in [3.63, 3.8) is 0 Å². The predicted octanol–water partition coefficient (Wildman–Crippen LogP) is 4.26. The van der Waals surface area contributed by atoms with Gasteiger partial charge in [-0.2, -0.15) is 0 Å². The molecule has 1 aromatic carbocycles. The molecular weight excluding hydrogens is 422 g/mol. The number of ether oxygens (including phenoxy) is 1. The lowest BCUT2D eigenvalue weighted by Gasteiger charge is -2.29. The molecule has 1 aliphatic carbocycles. The van der Waals surface area contributed by atoms with E-state index in [1.807, 2.05) is 6.92 Å². The second kappa shape index (κ2) is 11.2. The lowest BCUT2D eigenvalue weighted by atomic mass is 9.86. The first-order valence-electron chi connectivity index (χ1n) is 10.7. The maximum absolute atomic E-state index is 13.1. The fourth-order valence-corrected chi connectivity index (χ4v) is 4.86. The molecule has 1 aliphatic rings. The van der Waals surface area contributed by atoms with Crippen LogP contribution in [-0.4, -0.2) is 40.5 Å². The molecule has 6 nitrogen and oxygen atoms in total. The maximum Gasteiger partial charge on any atom is 0.262 e. The van der Waals surface area contributed by atoms with E-state index in [1.54, 1.807) is 22.8 Å². The first-order valence-corrected chi connectivity index (χ1v) is 12.1. The van der Waals surface area contributed by atoms with Crippen molar-refractivity contribution in [2.45, 2.75) is 63.7 Å². The van der Waals surface area contributed by atoms with Gasteiger partial charge in [-0.15, -0.1) is 0 Å². The molecule has 2 atom stereocenters. The van der Waals surface area contributed by atoms with Gasteiger partial charge in [0.15, 0.2) is 5.16 Å². The van der Waals surface area contributed by atoms with Crippen LogP contribution < -0.4 is 10.9 Å². The number of hydrogen-bond acceptors (Lipinski definition) is 5. The summed E-state index contributed by atoms with van der Waals surface area (Å²) in [5, 5.41) is 4.76. The third-order valence-corrected chi connectivity index (χ3v) is 6.76. The molecule has 2 aromatic rings. The summed E-state index contributed by atoms with van der Waals surface area (Å²) in [5.41, 5.74) is 0.439. The number of amides is 1. The summed E-state index contributed by atoms with van der Waals surface area (Å²) in [6.07, 6.45) is 5.29. The Hall–Kier alpha value is -1.57. The van der Waals surface area contributed by atoms with E-state index in [0.29, 0.717) is 53.2 Å². The first-order chi connectivity index (χ1) is 14.5. The van der Waals surface area contributed by atoms with Gasteiger partial charge in [0.1, 0.15) is 0 Å². The Labute approximate surface area is 186 Å². The highest BCUT2D eigenvalue weighted by molar-refractivity contribution is 7.99. The van der Waals surface area contributed by atoms with Crippen LogP contribution in [0.2, 0.25) is 5.02 Å². The molecule has 1 amide bonds. The van der Waals surface area contributed by atoms with Crippen molar-refractivity contribution in [1.29, 1.82) is 0 Å². The van der Waals surface area contributed by atoms with Gasteiger partial charge in [-0.05, 0) is 50.3 Å².